The Balaban J connectivity index is 1.62. The SMILES string of the molecule is CC(=O)N(CCn1ccnc1C)C1CCN(C(=O)c2ccco2)C1. The van der Waals surface area contributed by atoms with Crippen molar-refractivity contribution in [1.29, 1.82) is 0 Å². The number of nitrogens with zero attached hydrogens (tertiary/aromatic N) is 4. The Morgan fingerprint density at radius 2 is 2.29 bits per heavy atom. The third-order valence-electron chi connectivity index (χ3n) is 4.53. The molecule has 3 rings (SSSR count). The summed E-state index contributed by atoms with van der Waals surface area (Å²) in [7, 11) is 0. The fraction of sp³-hybridized carbons (Fsp3) is 0.471. The van der Waals surface area contributed by atoms with Crippen LogP contribution in [0.25, 0.3) is 0 Å². The molecule has 1 aliphatic heterocycles. The summed E-state index contributed by atoms with van der Waals surface area (Å²) in [5.74, 6) is 1.19. The first-order valence-corrected chi connectivity index (χ1v) is 8.14. The second-order valence-corrected chi connectivity index (χ2v) is 6.05. The monoisotopic (exact) mass is 330 g/mol. The summed E-state index contributed by atoms with van der Waals surface area (Å²) in [6.07, 6.45) is 5.95. The minimum atomic E-state index is -0.114. The van der Waals surface area contributed by atoms with Crippen molar-refractivity contribution in [2.45, 2.75) is 32.9 Å². The Labute approximate surface area is 140 Å². The van der Waals surface area contributed by atoms with Crippen LogP contribution < -0.4 is 0 Å². The van der Waals surface area contributed by atoms with Crippen LogP contribution >= 0.6 is 0 Å². The molecule has 1 fully saturated rings. The summed E-state index contributed by atoms with van der Waals surface area (Å²) in [4.78, 5) is 32.2. The second kappa shape index (κ2) is 6.90. The molecule has 0 saturated carbocycles. The Morgan fingerprint density at radius 1 is 1.46 bits per heavy atom. The van der Waals surface area contributed by atoms with E-state index in [1.54, 1.807) is 30.2 Å². The smallest absolute Gasteiger partial charge is 0.289 e. The highest BCUT2D eigenvalue weighted by Crippen LogP contribution is 2.19. The Kier molecular flexibility index (Phi) is 4.69. The molecule has 1 unspecified atom stereocenters. The molecule has 1 aliphatic rings. The van der Waals surface area contributed by atoms with Crippen LogP contribution in [0.4, 0.5) is 0 Å². The molecule has 0 bridgehead atoms. The third-order valence-corrected chi connectivity index (χ3v) is 4.53. The summed E-state index contributed by atoms with van der Waals surface area (Å²) in [6.45, 7) is 6.02. The summed E-state index contributed by atoms with van der Waals surface area (Å²) in [5, 5.41) is 0. The predicted octanol–water partition coefficient (Wildman–Crippen LogP) is 1.55. The van der Waals surface area contributed by atoms with Crippen LogP contribution in [0.3, 0.4) is 0 Å². The van der Waals surface area contributed by atoms with Gasteiger partial charge in [0.1, 0.15) is 5.82 Å². The molecule has 0 aliphatic carbocycles. The van der Waals surface area contributed by atoms with Crippen LogP contribution in [0.2, 0.25) is 0 Å². The van der Waals surface area contributed by atoms with Gasteiger partial charge in [-0.3, -0.25) is 9.59 Å². The van der Waals surface area contributed by atoms with Crippen molar-refractivity contribution in [2.75, 3.05) is 19.6 Å². The van der Waals surface area contributed by atoms with Crippen molar-refractivity contribution in [2.24, 2.45) is 0 Å². The first kappa shape index (κ1) is 16.3. The molecule has 7 heteroatoms. The van der Waals surface area contributed by atoms with E-state index in [0.29, 0.717) is 31.9 Å². The lowest BCUT2D eigenvalue weighted by Gasteiger charge is -2.28. The zero-order chi connectivity index (χ0) is 17.1. The summed E-state index contributed by atoms with van der Waals surface area (Å²) in [5.41, 5.74) is 0. The maximum atomic E-state index is 12.4. The van der Waals surface area contributed by atoms with Crippen molar-refractivity contribution >= 4 is 11.8 Å². The molecular weight excluding hydrogens is 308 g/mol. The molecule has 1 saturated heterocycles. The molecule has 0 aromatic carbocycles. The number of imidazole rings is 1. The topological polar surface area (TPSA) is 71.6 Å². The molecule has 2 amide bonds. The Morgan fingerprint density at radius 3 is 2.92 bits per heavy atom. The van der Waals surface area contributed by atoms with Crippen LogP contribution in [-0.2, 0) is 11.3 Å². The molecule has 2 aromatic heterocycles. The van der Waals surface area contributed by atoms with Gasteiger partial charge in [-0.05, 0) is 25.5 Å². The van der Waals surface area contributed by atoms with Crippen LogP contribution in [-0.4, -0.2) is 56.8 Å². The normalized spacial score (nSPS) is 17.2. The zero-order valence-electron chi connectivity index (χ0n) is 14.0. The molecule has 0 spiro atoms. The van der Waals surface area contributed by atoms with Crippen LogP contribution in [0, 0.1) is 6.92 Å². The average molecular weight is 330 g/mol. The van der Waals surface area contributed by atoms with E-state index in [9.17, 15) is 9.59 Å². The molecule has 24 heavy (non-hydrogen) atoms. The van der Waals surface area contributed by atoms with E-state index in [4.69, 9.17) is 4.42 Å². The number of hydrogen-bond acceptors (Lipinski definition) is 4. The number of aryl methyl sites for hydroxylation is 1. The fourth-order valence-electron chi connectivity index (χ4n) is 3.19. The van der Waals surface area contributed by atoms with E-state index in [-0.39, 0.29) is 17.9 Å². The molecule has 7 nitrogen and oxygen atoms in total. The van der Waals surface area contributed by atoms with Crippen LogP contribution in [0.5, 0.6) is 0 Å². The van der Waals surface area contributed by atoms with Gasteiger partial charge in [0.15, 0.2) is 5.76 Å². The lowest BCUT2D eigenvalue weighted by Crippen LogP contribution is -2.43. The number of rotatable bonds is 5. The number of hydrogen-bond donors (Lipinski definition) is 0. The van der Waals surface area contributed by atoms with Crippen molar-refractivity contribution < 1.29 is 14.0 Å². The van der Waals surface area contributed by atoms with Gasteiger partial charge >= 0.3 is 0 Å². The highest BCUT2D eigenvalue weighted by atomic mass is 16.3. The van der Waals surface area contributed by atoms with E-state index in [1.807, 2.05) is 22.6 Å². The van der Waals surface area contributed by atoms with E-state index in [1.165, 1.54) is 6.26 Å². The van der Waals surface area contributed by atoms with Crippen molar-refractivity contribution in [3.05, 3.63) is 42.4 Å². The maximum absolute atomic E-state index is 12.4. The minimum Gasteiger partial charge on any atom is -0.459 e. The standard InChI is InChI=1S/C17H22N4O3/c1-13-18-6-8-19(13)9-10-21(14(2)22)15-5-7-20(12-15)17(23)16-4-3-11-24-16/h3-4,6,8,11,15H,5,7,9-10,12H2,1-2H3. The number of aromatic nitrogens is 2. The maximum Gasteiger partial charge on any atom is 0.289 e. The van der Waals surface area contributed by atoms with Gasteiger partial charge in [0, 0.05) is 45.5 Å². The molecule has 0 N–H and O–H groups in total. The van der Waals surface area contributed by atoms with Gasteiger partial charge in [0.2, 0.25) is 5.91 Å². The third kappa shape index (κ3) is 3.34. The molecule has 0 radical (unpaired) electrons. The predicted molar refractivity (Wildman–Crippen MR) is 87.4 cm³/mol. The molecule has 1 atom stereocenters. The van der Waals surface area contributed by atoms with Gasteiger partial charge in [0.05, 0.1) is 12.3 Å². The summed E-state index contributed by atoms with van der Waals surface area (Å²) >= 11 is 0. The first-order chi connectivity index (χ1) is 11.6. The van der Waals surface area contributed by atoms with Gasteiger partial charge in [-0.25, -0.2) is 4.98 Å². The van der Waals surface area contributed by atoms with Gasteiger partial charge in [-0.1, -0.05) is 0 Å². The lowest BCUT2D eigenvalue weighted by atomic mass is 10.2. The van der Waals surface area contributed by atoms with E-state index in [0.717, 1.165) is 12.2 Å². The quantitative estimate of drug-likeness (QED) is 0.834. The Hall–Kier alpha value is -2.57. The molecular formula is C17H22N4O3. The minimum absolute atomic E-state index is 0.0325. The van der Waals surface area contributed by atoms with Crippen molar-refractivity contribution in [1.82, 2.24) is 19.4 Å². The van der Waals surface area contributed by atoms with Gasteiger partial charge in [0.25, 0.3) is 5.91 Å². The lowest BCUT2D eigenvalue weighted by molar-refractivity contribution is -0.131. The summed E-state index contributed by atoms with van der Waals surface area (Å²) < 4.78 is 7.20. The van der Waals surface area contributed by atoms with Crippen molar-refractivity contribution in [3.63, 3.8) is 0 Å². The fourth-order valence-corrected chi connectivity index (χ4v) is 3.19. The Bertz CT molecular complexity index is 707. The van der Waals surface area contributed by atoms with Crippen LogP contribution in [0.1, 0.15) is 29.7 Å². The van der Waals surface area contributed by atoms with Crippen LogP contribution in [0.15, 0.2) is 35.2 Å². The van der Waals surface area contributed by atoms with Gasteiger partial charge < -0.3 is 18.8 Å². The number of amides is 2. The first-order valence-electron chi connectivity index (χ1n) is 8.14. The van der Waals surface area contributed by atoms with E-state index >= 15 is 0 Å². The highest BCUT2D eigenvalue weighted by molar-refractivity contribution is 5.91. The number of furan rings is 1. The summed E-state index contributed by atoms with van der Waals surface area (Å²) in [6, 6.07) is 3.42. The molecule has 128 valence electrons. The zero-order valence-corrected chi connectivity index (χ0v) is 14.0. The van der Waals surface area contributed by atoms with E-state index < -0.39 is 0 Å². The highest BCUT2D eigenvalue weighted by Gasteiger charge is 2.32. The van der Waals surface area contributed by atoms with Gasteiger partial charge in [-0.2, -0.15) is 0 Å². The van der Waals surface area contributed by atoms with E-state index in [2.05, 4.69) is 4.98 Å². The average Bonchev–Trinajstić information content (AvgIpc) is 3.28. The second-order valence-electron chi connectivity index (χ2n) is 6.05. The van der Waals surface area contributed by atoms with Crippen molar-refractivity contribution in [3.8, 4) is 0 Å². The number of carbonyl (C=O) groups is 2. The number of carbonyl (C=O) groups excluding carboxylic acids is 2. The largest absolute Gasteiger partial charge is 0.459 e. The number of likely N-dealkylation sites (tertiary alicyclic amines) is 1. The molecule has 3 heterocycles. The van der Waals surface area contributed by atoms with Gasteiger partial charge in [-0.15, -0.1) is 0 Å². The molecule has 2 aromatic rings.